The molecular weight excluding hydrogens is 271 g/mol. The van der Waals surface area contributed by atoms with E-state index in [4.69, 9.17) is 0 Å². The van der Waals surface area contributed by atoms with E-state index in [9.17, 15) is 4.39 Å². The first-order chi connectivity index (χ1) is 9.74. The summed E-state index contributed by atoms with van der Waals surface area (Å²) in [6.45, 7) is 2.22. The lowest BCUT2D eigenvalue weighted by Crippen LogP contribution is -2.44. The highest BCUT2D eigenvalue weighted by molar-refractivity contribution is 7.99. The Labute approximate surface area is 125 Å². The van der Waals surface area contributed by atoms with Crippen molar-refractivity contribution in [1.29, 1.82) is 0 Å². The van der Waals surface area contributed by atoms with Crippen molar-refractivity contribution in [1.82, 2.24) is 10.2 Å². The van der Waals surface area contributed by atoms with Gasteiger partial charge in [0, 0.05) is 23.5 Å². The van der Waals surface area contributed by atoms with E-state index >= 15 is 0 Å². The van der Waals surface area contributed by atoms with Crippen LogP contribution in [0.4, 0.5) is 4.39 Å². The van der Waals surface area contributed by atoms with Crippen molar-refractivity contribution in [2.24, 2.45) is 0 Å². The lowest BCUT2D eigenvalue weighted by Gasteiger charge is -2.35. The molecule has 110 valence electrons. The monoisotopic (exact) mass is 294 g/mol. The predicted molar refractivity (Wildman–Crippen MR) is 82.8 cm³/mol. The van der Waals surface area contributed by atoms with Crippen LogP contribution >= 0.6 is 11.8 Å². The summed E-state index contributed by atoms with van der Waals surface area (Å²) in [6, 6.07) is 6.16. The number of piperidine rings is 1. The molecule has 0 aromatic heterocycles. The summed E-state index contributed by atoms with van der Waals surface area (Å²) < 4.78 is 13.5. The largest absolute Gasteiger partial charge is 0.308 e. The minimum Gasteiger partial charge on any atom is -0.308 e. The van der Waals surface area contributed by atoms with E-state index in [-0.39, 0.29) is 5.82 Å². The van der Waals surface area contributed by atoms with E-state index in [0.717, 1.165) is 24.3 Å². The number of fused-ring (bicyclic) bond motifs is 1. The van der Waals surface area contributed by atoms with Crippen LogP contribution < -0.4 is 5.32 Å². The van der Waals surface area contributed by atoms with E-state index in [1.165, 1.54) is 30.7 Å². The van der Waals surface area contributed by atoms with Crippen LogP contribution in [0.25, 0.3) is 0 Å². The lowest BCUT2D eigenvalue weighted by molar-refractivity contribution is 0.177. The number of hydrogen-bond acceptors (Lipinski definition) is 3. The zero-order valence-corrected chi connectivity index (χ0v) is 12.9. The Bertz CT molecular complexity index is 466. The normalized spacial score (nSPS) is 27.3. The molecule has 3 rings (SSSR count). The fraction of sp³-hybridized carbons (Fsp3) is 0.625. The van der Waals surface area contributed by atoms with Crippen LogP contribution in [0.3, 0.4) is 0 Å². The minimum absolute atomic E-state index is 0.118. The number of nitrogens with zero attached hydrogens (tertiary/aromatic N) is 1. The number of thioether (sulfide) groups is 1. The first-order valence-electron chi connectivity index (χ1n) is 7.60. The molecule has 1 aromatic rings. The highest BCUT2D eigenvalue weighted by Crippen LogP contribution is 2.36. The highest BCUT2D eigenvalue weighted by Gasteiger charge is 2.24. The van der Waals surface area contributed by atoms with Crippen LogP contribution in [0.5, 0.6) is 0 Å². The molecule has 20 heavy (non-hydrogen) atoms. The molecule has 0 bridgehead atoms. The smallest absolute Gasteiger partial charge is 0.123 e. The van der Waals surface area contributed by atoms with Gasteiger partial charge >= 0.3 is 0 Å². The van der Waals surface area contributed by atoms with Gasteiger partial charge in [-0.3, -0.25) is 0 Å². The van der Waals surface area contributed by atoms with Crippen LogP contribution in [-0.2, 0) is 0 Å². The molecule has 1 N–H and O–H groups in total. The molecule has 1 aromatic carbocycles. The third-order valence-corrected chi connectivity index (χ3v) is 5.66. The van der Waals surface area contributed by atoms with Crippen LogP contribution in [0, 0.1) is 5.82 Å². The predicted octanol–water partition coefficient (Wildman–Crippen LogP) is 3.44. The number of likely N-dealkylation sites (N-methyl/N-ethyl adjacent to an activating group) is 1. The number of hydrogen-bond donors (Lipinski definition) is 1. The first kappa shape index (κ1) is 14.4. The molecule has 1 fully saturated rings. The van der Waals surface area contributed by atoms with E-state index in [1.807, 2.05) is 17.8 Å². The van der Waals surface area contributed by atoms with Gasteiger partial charge in [0.2, 0.25) is 0 Å². The zero-order valence-electron chi connectivity index (χ0n) is 12.1. The van der Waals surface area contributed by atoms with Gasteiger partial charge in [-0.05, 0) is 62.4 Å². The average Bonchev–Trinajstić information content (AvgIpc) is 2.46. The van der Waals surface area contributed by atoms with Crippen LogP contribution in [0.15, 0.2) is 23.1 Å². The second-order valence-electron chi connectivity index (χ2n) is 5.91. The third kappa shape index (κ3) is 3.18. The van der Waals surface area contributed by atoms with Gasteiger partial charge in [0.25, 0.3) is 0 Å². The van der Waals surface area contributed by atoms with Crippen molar-refractivity contribution in [3.63, 3.8) is 0 Å². The van der Waals surface area contributed by atoms with Crippen LogP contribution in [0.2, 0.25) is 0 Å². The fourth-order valence-electron chi connectivity index (χ4n) is 3.26. The van der Waals surface area contributed by atoms with Gasteiger partial charge in [0.1, 0.15) is 5.82 Å². The Balaban J connectivity index is 1.65. The maximum absolute atomic E-state index is 13.5. The fourth-order valence-corrected chi connectivity index (χ4v) is 4.36. The average molecular weight is 294 g/mol. The molecule has 1 saturated heterocycles. The van der Waals surface area contributed by atoms with Crippen LogP contribution in [-0.4, -0.2) is 36.8 Å². The Kier molecular flexibility index (Phi) is 4.64. The van der Waals surface area contributed by atoms with Gasteiger partial charge in [0.15, 0.2) is 0 Å². The Morgan fingerprint density at radius 1 is 1.35 bits per heavy atom. The summed E-state index contributed by atoms with van der Waals surface area (Å²) in [5.74, 6) is 1.00. The summed E-state index contributed by atoms with van der Waals surface area (Å²) in [4.78, 5) is 3.70. The van der Waals surface area contributed by atoms with E-state index < -0.39 is 0 Å². The van der Waals surface area contributed by atoms with Gasteiger partial charge < -0.3 is 10.2 Å². The standard InChI is InChI=1S/C16H23FN2S/c1-19-8-3-2-4-13(19)11-18-15-7-9-20-16-6-5-12(17)10-14(15)16/h5-6,10,13,15,18H,2-4,7-9,11H2,1H3. The molecule has 2 nitrogen and oxygen atoms in total. The molecule has 0 spiro atoms. The number of halogens is 1. The van der Waals surface area contributed by atoms with Gasteiger partial charge in [-0.2, -0.15) is 0 Å². The summed E-state index contributed by atoms with van der Waals surface area (Å²) in [5.41, 5.74) is 1.15. The Morgan fingerprint density at radius 2 is 2.25 bits per heavy atom. The van der Waals surface area contributed by atoms with Crippen molar-refractivity contribution in [3.8, 4) is 0 Å². The van der Waals surface area contributed by atoms with E-state index in [1.54, 1.807) is 12.1 Å². The van der Waals surface area contributed by atoms with Gasteiger partial charge in [-0.15, -0.1) is 11.8 Å². The molecule has 0 saturated carbocycles. The van der Waals surface area contributed by atoms with Crippen molar-refractivity contribution in [3.05, 3.63) is 29.6 Å². The topological polar surface area (TPSA) is 15.3 Å². The second kappa shape index (κ2) is 6.46. The first-order valence-corrected chi connectivity index (χ1v) is 8.58. The minimum atomic E-state index is -0.118. The molecular formula is C16H23FN2S. The second-order valence-corrected chi connectivity index (χ2v) is 7.05. The quantitative estimate of drug-likeness (QED) is 0.919. The van der Waals surface area contributed by atoms with Gasteiger partial charge in [-0.1, -0.05) is 6.42 Å². The van der Waals surface area contributed by atoms with E-state index in [0.29, 0.717) is 12.1 Å². The molecule has 2 heterocycles. The number of benzene rings is 1. The molecule has 4 heteroatoms. The summed E-state index contributed by atoms with van der Waals surface area (Å²) >= 11 is 1.85. The van der Waals surface area contributed by atoms with Crippen LogP contribution in [0.1, 0.15) is 37.3 Å². The lowest BCUT2D eigenvalue weighted by atomic mass is 10.00. The molecule has 0 amide bonds. The molecule has 2 aliphatic rings. The number of nitrogens with one attached hydrogen (secondary N) is 1. The SMILES string of the molecule is CN1CCCCC1CNC1CCSc2ccc(F)cc21. The van der Waals surface area contributed by atoms with Gasteiger partial charge in [0.05, 0.1) is 0 Å². The molecule has 0 radical (unpaired) electrons. The third-order valence-electron chi connectivity index (χ3n) is 4.53. The molecule has 2 aliphatic heterocycles. The molecule has 2 atom stereocenters. The van der Waals surface area contributed by atoms with Crippen molar-refractivity contribution >= 4 is 11.8 Å². The molecule has 2 unspecified atom stereocenters. The zero-order chi connectivity index (χ0) is 13.9. The summed E-state index contributed by atoms with van der Waals surface area (Å²) in [6.07, 6.45) is 5.03. The number of rotatable bonds is 3. The highest BCUT2D eigenvalue weighted by atomic mass is 32.2. The maximum Gasteiger partial charge on any atom is 0.123 e. The Morgan fingerprint density at radius 3 is 3.10 bits per heavy atom. The Hall–Kier alpha value is -0.580. The van der Waals surface area contributed by atoms with Crippen molar-refractivity contribution < 1.29 is 4.39 Å². The van der Waals surface area contributed by atoms with Crippen molar-refractivity contribution in [2.45, 2.75) is 42.7 Å². The summed E-state index contributed by atoms with van der Waals surface area (Å²) in [5, 5.41) is 3.68. The van der Waals surface area contributed by atoms with E-state index in [2.05, 4.69) is 17.3 Å². The maximum atomic E-state index is 13.5. The van der Waals surface area contributed by atoms with Crippen molar-refractivity contribution in [2.75, 3.05) is 25.9 Å². The number of likely N-dealkylation sites (tertiary alicyclic amines) is 1. The molecule has 0 aliphatic carbocycles. The summed E-state index contributed by atoms with van der Waals surface area (Å²) in [7, 11) is 2.22. The van der Waals surface area contributed by atoms with Gasteiger partial charge in [-0.25, -0.2) is 4.39 Å².